The summed E-state index contributed by atoms with van der Waals surface area (Å²) in [6.45, 7) is 22.0. The summed E-state index contributed by atoms with van der Waals surface area (Å²) in [4.78, 5) is 84.0. The van der Waals surface area contributed by atoms with Gasteiger partial charge in [0.25, 0.3) is 11.8 Å². The number of carbonyl (C=O) groups excluding carboxylic acids is 5. The summed E-state index contributed by atoms with van der Waals surface area (Å²) < 4.78 is 12.1. The fourth-order valence-corrected chi connectivity index (χ4v) is 18.5. The maximum absolute atomic E-state index is 14.2. The summed E-state index contributed by atoms with van der Waals surface area (Å²) in [5.41, 5.74) is 8.23. The van der Waals surface area contributed by atoms with Gasteiger partial charge in [0, 0.05) is 109 Å². The number of aliphatic hydroxyl groups excluding tert-OH is 4. The van der Waals surface area contributed by atoms with Gasteiger partial charge in [-0.05, 0) is 166 Å². The molecular formula is C85H121N9O13. The molecule has 584 valence electrons. The van der Waals surface area contributed by atoms with Crippen LogP contribution in [-0.2, 0) is 43.6 Å². The van der Waals surface area contributed by atoms with Gasteiger partial charge in [-0.2, -0.15) is 10.1 Å². The van der Waals surface area contributed by atoms with Crippen molar-refractivity contribution in [3.63, 3.8) is 0 Å². The number of nitrogens with one attached hydrogen (secondary N) is 5. The van der Waals surface area contributed by atoms with E-state index in [0.717, 1.165) is 71.3 Å². The average molecular weight is 1480 g/mol. The summed E-state index contributed by atoms with van der Waals surface area (Å²) in [6.07, 6.45) is 3.05. The highest BCUT2D eigenvalue weighted by atomic mass is 16.7. The van der Waals surface area contributed by atoms with Crippen molar-refractivity contribution in [3.8, 4) is 33.8 Å². The Bertz CT molecular complexity index is 3870. The van der Waals surface area contributed by atoms with E-state index in [9.17, 15) is 44.4 Å². The average Bonchev–Trinajstić information content (AvgIpc) is 1.40. The van der Waals surface area contributed by atoms with Crippen molar-refractivity contribution in [2.24, 2.45) is 64.1 Å². The summed E-state index contributed by atoms with van der Waals surface area (Å²) >= 11 is 0. The van der Waals surface area contributed by atoms with Crippen LogP contribution in [0.3, 0.4) is 0 Å². The zero-order chi connectivity index (χ0) is 77.5. The Morgan fingerprint density at radius 3 is 1.55 bits per heavy atom. The Hall–Kier alpha value is -7.51. The number of likely N-dealkylation sites (N-methyl/N-ethyl adjacent to an activating group) is 1. The third-order valence-corrected chi connectivity index (χ3v) is 24.7. The highest BCUT2D eigenvalue weighted by molar-refractivity contribution is 5.98. The molecule has 5 aromatic carbocycles. The van der Waals surface area contributed by atoms with E-state index in [0.29, 0.717) is 71.1 Å². The molecule has 8 fully saturated rings. The normalized spacial score (nSPS) is 27.0. The number of methoxy groups -OCH3 is 2. The predicted molar refractivity (Wildman–Crippen MR) is 416 cm³/mol. The fraction of sp³-hybridized carbons (Fsp3) is 0.588. The van der Waals surface area contributed by atoms with Crippen molar-refractivity contribution in [3.05, 3.63) is 137 Å². The number of amides is 5. The van der Waals surface area contributed by atoms with Gasteiger partial charge in [-0.3, -0.25) is 33.6 Å². The Kier molecular flexibility index (Phi) is 27.2. The van der Waals surface area contributed by atoms with E-state index < -0.39 is 48.3 Å². The first-order valence-corrected chi connectivity index (χ1v) is 38.7. The molecule has 8 aliphatic rings. The summed E-state index contributed by atoms with van der Waals surface area (Å²) in [7, 11) is 11.0. The van der Waals surface area contributed by atoms with Gasteiger partial charge in [0.15, 0.2) is 0 Å². The number of aliphatic hydroxyl groups is 4. The van der Waals surface area contributed by atoms with Gasteiger partial charge in [-0.25, -0.2) is 0 Å². The molecule has 22 heteroatoms. The maximum Gasteiger partial charge on any atom is 0.251 e. The van der Waals surface area contributed by atoms with Crippen LogP contribution in [0.15, 0.2) is 109 Å². The Morgan fingerprint density at radius 1 is 0.598 bits per heavy atom. The highest BCUT2D eigenvalue weighted by Crippen LogP contribution is 2.62. The standard InChI is InChI=1S/C44H60N4O6.C41H61N5O7/c1-27-36-22-33(44(36,3)4)23-37(27)46-43(52)40-39(28(2)50)38(26-49)54-48(40)24-32-17-12-18-35(41(32)53-7)30-15-11-16-31(21-30)42(51)45-34(25-47(5)6)20-19-29-13-9-8-10-14-29;1-23(2)15-35(49)42-13-14-43-39(50)28-16-27(17-30(18-28)45(7)8)31-12-10-11-26(38(31)52-9)21-46-37(36(25(4)48)34(22-47)53-46)40(51)44-33-20-29-19-32(24(33)3)41(29,5)6/h8-18,21,27-28,33-34,36-40,49-50H,19-20,22-26H2,1-7H3,(H,45,51)(H,46,52);10-12,16-18,23-25,29,32-34,36-37,47-48H,13-15,19-22H2,1-9H3,(H,42,49)(H,43,50)(H,44,51)/t27-,28-,33+,34+,36-,37-,38-,39-,40-;24-,25-,29+,32-,33-,34-,36+,37-/m00/s1. The van der Waals surface area contributed by atoms with E-state index in [4.69, 9.17) is 19.1 Å². The summed E-state index contributed by atoms with van der Waals surface area (Å²) in [5, 5.41) is 61.4. The number of anilines is 1. The van der Waals surface area contributed by atoms with Crippen LogP contribution in [0.4, 0.5) is 5.69 Å². The summed E-state index contributed by atoms with van der Waals surface area (Å²) in [5.74, 6) is 2.16. The quantitative estimate of drug-likeness (QED) is 0.0194. The van der Waals surface area contributed by atoms with Gasteiger partial charge in [-0.15, -0.1) is 0 Å². The third kappa shape index (κ3) is 18.5. The number of para-hydroxylation sites is 2. The minimum absolute atomic E-state index is 0.0285. The molecule has 5 aromatic rings. The molecule has 5 amide bonds. The number of benzene rings is 5. The lowest BCUT2D eigenvalue weighted by Gasteiger charge is -2.62. The van der Waals surface area contributed by atoms with Crippen LogP contribution >= 0.6 is 0 Å². The van der Waals surface area contributed by atoms with E-state index in [1.807, 2.05) is 144 Å². The van der Waals surface area contributed by atoms with Gasteiger partial charge >= 0.3 is 0 Å². The molecule has 4 bridgehead atoms. The molecule has 107 heavy (non-hydrogen) atoms. The first-order chi connectivity index (χ1) is 50.9. The second kappa shape index (κ2) is 35.5. The molecular weight excluding hydrogens is 1350 g/mol. The van der Waals surface area contributed by atoms with Crippen LogP contribution in [-0.4, -0.2) is 195 Å². The number of hydrogen-bond donors (Lipinski definition) is 9. The molecule has 2 heterocycles. The number of nitrogens with zero attached hydrogens (tertiary/aromatic N) is 4. The largest absolute Gasteiger partial charge is 0.496 e. The van der Waals surface area contributed by atoms with Crippen molar-refractivity contribution in [2.75, 3.05) is 80.2 Å². The number of fused-ring (bicyclic) bond motifs is 4. The first-order valence-electron chi connectivity index (χ1n) is 38.7. The van der Waals surface area contributed by atoms with Gasteiger partial charge in [-0.1, -0.05) is 134 Å². The monoisotopic (exact) mass is 1480 g/mol. The van der Waals surface area contributed by atoms with Crippen molar-refractivity contribution < 1.29 is 63.5 Å². The summed E-state index contributed by atoms with van der Waals surface area (Å²) in [6, 6.07) is 33.4. The fourth-order valence-electron chi connectivity index (χ4n) is 18.5. The Morgan fingerprint density at radius 2 is 1.09 bits per heavy atom. The number of rotatable bonds is 30. The SMILES string of the molecule is COc1c(CN2O[C@@H](CO)[C@@H]([C@H](C)O)[C@H]2C(=O)N[C@H]2C[C@H]3C[C@@H]([C@@H]2C)C3(C)C)cccc1-c1cc(C(=O)NCCNC(=O)CC(C)C)cc(N(C)C)c1.COc1c(CN2O[C@@H](CO)[C@H]([C@H](C)O)[C@H]2C(=O)N[C@H]2C[C@H]3C[C@@H]([C@@H]2C)C3(C)C)cccc1-c1cccc(C(=O)N[C@H](CCc2ccccc2)CN(C)C)c1. The van der Waals surface area contributed by atoms with Crippen molar-refractivity contribution in [2.45, 2.75) is 182 Å². The van der Waals surface area contributed by atoms with Crippen LogP contribution in [0.1, 0.15) is 145 Å². The van der Waals surface area contributed by atoms with Crippen LogP contribution in [0.2, 0.25) is 0 Å². The lowest BCUT2D eigenvalue weighted by atomic mass is 9.45. The second-order valence-electron chi connectivity index (χ2n) is 33.4. The van der Waals surface area contributed by atoms with E-state index in [2.05, 4.69) is 85.2 Å². The zero-order valence-corrected chi connectivity index (χ0v) is 65.9. The van der Waals surface area contributed by atoms with Crippen molar-refractivity contribution in [1.82, 2.24) is 41.6 Å². The smallest absolute Gasteiger partial charge is 0.251 e. The van der Waals surface area contributed by atoms with E-state index in [-0.39, 0.29) is 97.3 Å². The van der Waals surface area contributed by atoms with Crippen LogP contribution < -0.4 is 41.0 Å². The topological polar surface area (TPSA) is 276 Å². The Labute approximate surface area is 634 Å². The highest BCUT2D eigenvalue weighted by Gasteiger charge is 2.59. The lowest BCUT2D eigenvalue weighted by Crippen LogP contribution is -2.62. The predicted octanol–water partition coefficient (Wildman–Crippen LogP) is 9.30. The molecule has 9 N–H and O–H groups in total. The van der Waals surface area contributed by atoms with Crippen LogP contribution in [0.5, 0.6) is 11.5 Å². The first kappa shape index (κ1) is 82.0. The Balaban J connectivity index is 0.000000229. The van der Waals surface area contributed by atoms with Crippen LogP contribution in [0.25, 0.3) is 22.3 Å². The van der Waals surface area contributed by atoms with Gasteiger partial charge < -0.3 is 66.3 Å². The molecule has 2 aliphatic heterocycles. The third-order valence-electron chi connectivity index (χ3n) is 24.7. The molecule has 2 saturated heterocycles. The minimum Gasteiger partial charge on any atom is -0.496 e. The molecule has 22 nitrogen and oxygen atoms in total. The number of aryl methyl sites for hydroxylation is 1. The van der Waals surface area contributed by atoms with Crippen molar-refractivity contribution in [1.29, 1.82) is 0 Å². The number of hydroxylamine groups is 4. The lowest BCUT2D eigenvalue weighted by molar-refractivity contribution is -0.183. The molecule has 17 atom stereocenters. The second-order valence-corrected chi connectivity index (χ2v) is 33.4. The van der Waals surface area contributed by atoms with Gasteiger partial charge in [0.2, 0.25) is 17.7 Å². The molecule has 0 radical (unpaired) electrons. The van der Waals surface area contributed by atoms with E-state index in [1.165, 1.54) is 18.4 Å². The molecule has 6 aliphatic carbocycles. The van der Waals surface area contributed by atoms with Gasteiger partial charge in [0.05, 0.1) is 52.7 Å². The maximum atomic E-state index is 14.2. The number of carbonyl (C=O) groups is 5. The van der Waals surface area contributed by atoms with E-state index in [1.54, 1.807) is 38.2 Å². The molecule has 0 aromatic heterocycles. The molecule has 0 spiro atoms. The molecule has 6 saturated carbocycles. The van der Waals surface area contributed by atoms with Crippen LogP contribution in [0, 0.1) is 64.1 Å². The number of ether oxygens (including phenoxy) is 2. The zero-order valence-electron chi connectivity index (χ0n) is 65.9. The molecule has 0 unspecified atom stereocenters. The van der Waals surface area contributed by atoms with Crippen molar-refractivity contribution >= 4 is 35.2 Å². The van der Waals surface area contributed by atoms with Gasteiger partial charge in [0.1, 0.15) is 35.8 Å². The number of hydrogen-bond acceptors (Lipinski definition) is 17. The van der Waals surface area contributed by atoms with E-state index >= 15 is 0 Å². The minimum atomic E-state index is -0.910. The molecule has 13 rings (SSSR count).